The summed E-state index contributed by atoms with van der Waals surface area (Å²) in [4.78, 5) is 12.4. The van der Waals surface area contributed by atoms with Crippen LogP contribution in [0, 0.1) is 0 Å². The van der Waals surface area contributed by atoms with Crippen molar-refractivity contribution < 1.29 is 4.79 Å². The van der Waals surface area contributed by atoms with Gasteiger partial charge < -0.3 is 0 Å². The number of anilines is 1. The van der Waals surface area contributed by atoms with Crippen molar-refractivity contribution in [2.24, 2.45) is 0 Å². The first-order valence-corrected chi connectivity index (χ1v) is 6.37. The number of benzene rings is 1. The standard InChI is InChI=1S/C13H14N2OS/c1-2-10-6-3-4-7-11(10)14-15-13(16)12-8-5-9-17-12/h3-9,14H,2H2,1H3,(H,15,16). The van der Waals surface area contributed by atoms with Crippen LogP contribution in [0.25, 0.3) is 0 Å². The van der Waals surface area contributed by atoms with Gasteiger partial charge in [0.05, 0.1) is 10.6 Å². The Balaban J connectivity index is 2.00. The molecular weight excluding hydrogens is 232 g/mol. The molecule has 0 atom stereocenters. The minimum Gasteiger partial charge on any atom is -0.298 e. The number of para-hydroxylation sites is 1. The van der Waals surface area contributed by atoms with E-state index in [0.29, 0.717) is 4.88 Å². The minimum absolute atomic E-state index is 0.106. The van der Waals surface area contributed by atoms with Crippen LogP contribution in [-0.4, -0.2) is 5.91 Å². The Hall–Kier alpha value is -1.81. The molecule has 0 unspecified atom stereocenters. The molecule has 0 radical (unpaired) electrons. The fourth-order valence-corrected chi connectivity index (χ4v) is 2.16. The molecule has 0 fully saturated rings. The maximum atomic E-state index is 11.7. The molecule has 0 bridgehead atoms. The van der Waals surface area contributed by atoms with Crippen LogP contribution in [0.3, 0.4) is 0 Å². The lowest BCUT2D eigenvalue weighted by Crippen LogP contribution is -2.29. The number of carbonyl (C=O) groups excluding carboxylic acids is 1. The van der Waals surface area contributed by atoms with Crippen molar-refractivity contribution in [2.75, 3.05) is 5.43 Å². The van der Waals surface area contributed by atoms with E-state index in [4.69, 9.17) is 0 Å². The lowest BCUT2D eigenvalue weighted by atomic mass is 10.1. The van der Waals surface area contributed by atoms with Crippen molar-refractivity contribution in [2.45, 2.75) is 13.3 Å². The highest BCUT2D eigenvalue weighted by atomic mass is 32.1. The molecule has 0 saturated carbocycles. The summed E-state index contributed by atoms with van der Waals surface area (Å²) in [7, 11) is 0. The van der Waals surface area contributed by atoms with E-state index in [1.54, 1.807) is 6.07 Å². The maximum Gasteiger partial charge on any atom is 0.279 e. The molecule has 0 aliphatic heterocycles. The van der Waals surface area contributed by atoms with Crippen LogP contribution in [-0.2, 0) is 6.42 Å². The van der Waals surface area contributed by atoms with Gasteiger partial charge >= 0.3 is 0 Å². The molecule has 4 heteroatoms. The number of aryl methyl sites for hydroxylation is 1. The topological polar surface area (TPSA) is 41.1 Å². The van der Waals surface area contributed by atoms with Crippen LogP contribution in [0.4, 0.5) is 5.69 Å². The van der Waals surface area contributed by atoms with Crippen LogP contribution < -0.4 is 10.9 Å². The third kappa shape index (κ3) is 2.85. The normalized spacial score (nSPS) is 9.94. The zero-order valence-electron chi connectivity index (χ0n) is 9.57. The molecule has 1 heterocycles. The Labute approximate surface area is 104 Å². The van der Waals surface area contributed by atoms with Crippen molar-refractivity contribution >= 4 is 22.9 Å². The fourth-order valence-electron chi connectivity index (χ4n) is 1.54. The highest BCUT2D eigenvalue weighted by molar-refractivity contribution is 7.12. The second-order valence-electron chi connectivity index (χ2n) is 3.57. The van der Waals surface area contributed by atoms with E-state index in [1.165, 1.54) is 16.9 Å². The van der Waals surface area contributed by atoms with Gasteiger partial charge in [-0.3, -0.25) is 15.6 Å². The number of amides is 1. The molecule has 2 rings (SSSR count). The van der Waals surface area contributed by atoms with Gasteiger partial charge in [0.2, 0.25) is 0 Å². The predicted octanol–water partition coefficient (Wildman–Crippen LogP) is 3.07. The third-order valence-corrected chi connectivity index (χ3v) is 3.32. The van der Waals surface area contributed by atoms with E-state index in [2.05, 4.69) is 17.8 Å². The lowest BCUT2D eigenvalue weighted by Gasteiger charge is -2.11. The molecule has 3 nitrogen and oxygen atoms in total. The molecule has 1 aromatic carbocycles. The lowest BCUT2D eigenvalue weighted by molar-refractivity contribution is 0.0966. The van der Waals surface area contributed by atoms with Crippen molar-refractivity contribution in [1.82, 2.24) is 5.43 Å². The van der Waals surface area contributed by atoms with Gasteiger partial charge in [0.25, 0.3) is 5.91 Å². The van der Waals surface area contributed by atoms with Gasteiger partial charge in [-0.25, -0.2) is 0 Å². The van der Waals surface area contributed by atoms with E-state index in [1.807, 2.05) is 35.7 Å². The second kappa shape index (κ2) is 5.50. The molecule has 17 heavy (non-hydrogen) atoms. The number of thiophene rings is 1. The van der Waals surface area contributed by atoms with Crippen LogP contribution in [0.1, 0.15) is 22.2 Å². The molecule has 0 saturated heterocycles. The highest BCUT2D eigenvalue weighted by Gasteiger charge is 2.06. The van der Waals surface area contributed by atoms with E-state index >= 15 is 0 Å². The molecule has 0 aliphatic carbocycles. The highest BCUT2D eigenvalue weighted by Crippen LogP contribution is 2.14. The minimum atomic E-state index is -0.106. The largest absolute Gasteiger partial charge is 0.298 e. The average molecular weight is 246 g/mol. The summed E-state index contributed by atoms with van der Waals surface area (Å²) in [6.07, 6.45) is 0.929. The monoisotopic (exact) mass is 246 g/mol. The molecule has 1 amide bonds. The number of hydrogen-bond donors (Lipinski definition) is 2. The number of rotatable bonds is 4. The zero-order valence-corrected chi connectivity index (χ0v) is 10.4. The van der Waals surface area contributed by atoms with Crippen LogP contribution in [0.15, 0.2) is 41.8 Å². The number of hydrazine groups is 1. The van der Waals surface area contributed by atoms with E-state index in [0.717, 1.165) is 12.1 Å². The van der Waals surface area contributed by atoms with Gasteiger partial charge in [-0.05, 0) is 29.5 Å². The van der Waals surface area contributed by atoms with Gasteiger partial charge in [0, 0.05) is 0 Å². The fraction of sp³-hybridized carbons (Fsp3) is 0.154. The van der Waals surface area contributed by atoms with Gasteiger partial charge in [-0.2, -0.15) is 0 Å². The first kappa shape index (κ1) is 11.7. The molecule has 2 N–H and O–H groups in total. The quantitative estimate of drug-likeness (QED) is 0.814. The summed E-state index contributed by atoms with van der Waals surface area (Å²) in [6.45, 7) is 2.08. The summed E-state index contributed by atoms with van der Waals surface area (Å²) in [5.41, 5.74) is 7.78. The Kier molecular flexibility index (Phi) is 3.77. The number of carbonyl (C=O) groups is 1. The van der Waals surface area contributed by atoms with E-state index in [-0.39, 0.29) is 5.91 Å². The SMILES string of the molecule is CCc1ccccc1NNC(=O)c1cccs1. The summed E-state index contributed by atoms with van der Waals surface area (Å²) in [5, 5.41) is 1.88. The van der Waals surface area contributed by atoms with Crippen molar-refractivity contribution in [3.8, 4) is 0 Å². The van der Waals surface area contributed by atoms with Crippen LogP contribution >= 0.6 is 11.3 Å². The Morgan fingerprint density at radius 2 is 2.06 bits per heavy atom. The molecule has 0 spiro atoms. The predicted molar refractivity (Wildman–Crippen MR) is 71.2 cm³/mol. The summed E-state index contributed by atoms with van der Waals surface area (Å²) < 4.78 is 0. The van der Waals surface area contributed by atoms with Gasteiger partial charge in [-0.15, -0.1) is 11.3 Å². The van der Waals surface area contributed by atoms with Crippen molar-refractivity contribution in [3.05, 3.63) is 52.2 Å². The summed E-state index contributed by atoms with van der Waals surface area (Å²) in [5.74, 6) is -0.106. The molecular formula is C13H14N2OS. The number of hydrogen-bond acceptors (Lipinski definition) is 3. The van der Waals surface area contributed by atoms with Crippen LogP contribution in [0.2, 0.25) is 0 Å². The summed E-state index contributed by atoms with van der Waals surface area (Å²) >= 11 is 1.42. The number of nitrogens with one attached hydrogen (secondary N) is 2. The smallest absolute Gasteiger partial charge is 0.279 e. The molecule has 1 aromatic heterocycles. The molecule has 2 aromatic rings. The Morgan fingerprint density at radius 1 is 1.24 bits per heavy atom. The Morgan fingerprint density at radius 3 is 2.76 bits per heavy atom. The van der Waals surface area contributed by atoms with E-state index in [9.17, 15) is 4.79 Å². The van der Waals surface area contributed by atoms with Gasteiger partial charge in [-0.1, -0.05) is 31.2 Å². The van der Waals surface area contributed by atoms with Gasteiger partial charge in [0.15, 0.2) is 0 Å². The maximum absolute atomic E-state index is 11.7. The molecule has 0 aliphatic rings. The Bertz CT molecular complexity index is 494. The first-order valence-electron chi connectivity index (χ1n) is 5.49. The zero-order chi connectivity index (χ0) is 12.1. The summed E-state index contributed by atoms with van der Waals surface area (Å²) in [6, 6.07) is 11.6. The van der Waals surface area contributed by atoms with Crippen molar-refractivity contribution in [1.29, 1.82) is 0 Å². The van der Waals surface area contributed by atoms with Gasteiger partial charge in [0.1, 0.15) is 0 Å². The first-order chi connectivity index (χ1) is 8.31. The van der Waals surface area contributed by atoms with Crippen molar-refractivity contribution in [3.63, 3.8) is 0 Å². The van der Waals surface area contributed by atoms with E-state index < -0.39 is 0 Å². The van der Waals surface area contributed by atoms with Crippen LogP contribution in [0.5, 0.6) is 0 Å². The third-order valence-electron chi connectivity index (χ3n) is 2.45. The second-order valence-corrected chi connectivity index (χ2v) is 4.51. The average Bonchev–Trinajstić information content (AvgIpc) is 2.90. The molecule has 88 valence electrons.